The minimum atomic E-state index is -0.108. The van der Waals surface area contributed by atoms with E-state index in [9.17, 15) is 4.39 Å². The van der Waals surface area contributed by atoms with Gasteiger partial charge in [-0.1, -0.05) is 18.2 Å². The van der Waals surface area contributed by atoms with Gasteiger partial charge in [0.25, 0.3) is 0 Å². The highest BCUT2D eigenvalue weighted by Gasteiger charge is 2.32. The first-order valence-corrected chi connectivity index (χ1v) is 6.33. The zero-order chi connectivity index (χ0) is 12.4. The summed E-state index contributed by atoms with van der Waals surface area (Å²) in [6.45, 7) is 5.98. The molecular weight excluding hydrogens is 251 g/mol. The first-order valence-electron chi connectivity index (χ1n) is 6.33. The molecular formula is C14H22ClFN2. The molecule has 1 aliphatic heterocycles. The molecule has 3 unspecified atom stereocenters. The van der Waals surface area contributed by atoms with Crippen LogP contribution in [0, 0.1) is 11.7 Å². The number of benzene rings is 1. The lowest BCUT2D eigenvalue weighted by atomic mass is 10.1. The Morgan fingerprint density at radius 1 is 1.44 bits per heavy atom. The maximum absolute atomic E-state index is 13.7. The van der Waals surface area contributed by atoms with Crippen LogP contribution in [0.3, 0.4) is 0 Å². The number of hydrogen-bond donors (Lipinski definition) is 1. The van der Waals surface area contributed by atoms with Crippen LogP contribution in [0.25, 0.3) is 0 Å². The molecule has 2 nitrogen and oxygen atoms in total. The molecule has 1 aromatic rings. The molecule has 0 aromatic heterocycles. The van der Waals surface area contributed by atoms with E-state index in [1.807, 2.05) is 12.1 Å². The van der Waals surface area contributed by atoms with Crippen molar-refractivity contribution in [1.82, 2.24) is 4.90 Å². The fourth-order valence-corrected chi connectivity index (χ4v) is 2.87. The Balaban J connectivity index is 0.00000162. The lowest BCUT2D eigenvalue weighted by Gasteiger charge is -2.29. The summed E-state index contributed by atoms with van der Waals surface area (Å²) in [5, 5.41) is 0. The summed E-state index contributed by atoms with van der Waals surface area (Å²) in [6.07, 6.45) is 1.12. The van der Waals surface area contributed by atoms with Crippen molar-refractivity contribution in [3.8, 4) is 0 Å². The molecule has 4 heteroatoms. The Morgan fingerprint density at radius 3 is 2.67 bits per heavy atom. The van der Waals surface area contributed by atoms with Crippen molar-refractivity contribution in [2.45, 2.75) is 32.4 Å². The fourth-order valence-electron chi connectivity index (χ4n) is 2.87. The van der Waals surface area contributed by atoms with E-state index in [1.54, 1.807) is 6.07 Å². The van der Waals surface area contributed by atoms with E-state index in [1.165, 1.54) is 6.07 Å². The molecule has 18 heavy (non-hydrogen) atoms. The van der Waals surface area contributed by atoms with Crippen LogP contribution in [-0.2, 0) is 0 Å². The number of likely N-dealkylation sites (tertiary alicyclic amines) is 1. The standard InChI is InChI=1S/C14H21FN2.ClH/c1-10-7-12(8-16)9-17(10)11(2)13-5-3-4-6-14(13)15;/h3-6,10-12H,7-9,16H2,1-2H3;1H. The Labute approximate surface area is 115 Å². The first kappa shape index (κ1) is 15.4. The molecule has 102 valence electrons. The quantitative estimate of drug-likeness (QED) is 0.917. The van der Waals surface area contributed by atoms with Crippen LogP contribution >= 0.6 is 12.4 Å². The van der Waals surface area contributed by atoms with E-state index in [2.05, 4.69) is 18.7 Å². The van der Waals surface area contributed by atoms with Crippen molar-refractivity contribution in [3.05, 3.63) is 35.6 Å². The summed E-state index contributed by atoms with van der Waals surface area (Å²) < 4.78 is 13.7. The second-order valence-corrected chi connectivity index (χ2v) is 5.08. The lowest BCUT2D eigenvalue weighted by Crippen LogP contribution is -2.31. The fraction of sp³-hybridized carbons (Fsp3) is 0.571. The smallest absolute Gasteiger partial charge is 0.127 e. The van der Waals surface area contributed by atoms with Crippen LogP contribution < -0.4 is 5.73 Å². The predicted octanol–water partition coefficient (Wildman–Crippen LogP) is 2.98. The highest BCUT2D eigenvalue weighted by atomic mass is 35.5. The number of halogens is 2. The van der Waals surface area contributed by atoms with E-state index in [4.69, 9.17) is 5.73 Å². The average molecular weight is 273 g/mol. The summed E-state index contributed by atoms with van der Waals surface area (Å²) >= 11 is 0. The molecule has 0 aliphatic carbocycles. The largest absolute Gasteiger partial charge is 0.330 e. The van der Waals surface area contributed by atoms with Crippen molar-refractivity contribution in [1.29, 1.82) is 0 Å². The average Bonchev–Trinajstić information content (AvgIpc) is 2.70. The second kappa shape index (κ2) is 6.50. The number of nitrogens with two attached hydrogens (primary N) is 1. The Bertz CT molecular complexity index is 386. The van der Waals surface area contributed by atoms with Gasteiger partial charge in [-0.25, -0.2) is 4.39 Å². The third-order valence-electron chi connectivity index (χ3n) is 3.90. The molecule has 1 aromatic carbocycles. The predicted molar refractivity (Wildman–Crippen MR) is 75.4 cm³/mol. The minimum Gasteiger partial charge on any atom is -0.330 e. The summed E-state index contributed by atoms with van der Waals surface area (Å²) in [5.74, 6) is 0.447. The van der Waals surface area contributed by atoms with Gasteiger partial charge in [-0.05, 0) is 38.8 Å². The van der Waals surface area contributed by atoms with Crippen LogP contribution in [0.5, 0.6) is 0 Å². The van der Waals surface area contributed by atoms with Crippen molar-refractivity contribution in [2.24, 2.45) is 11.7 Å². The van der Waals surface area contributed by atoms with Gasteiger partial charge in [-0.15, -0.1) is 12.4 Å². The van der Waals surface area contributed by atoms with Crippen LogP contribution in [-0.4, -0.2) is 24.0 Å². The molecule has 0 saturated carbocycles. The SMILES string of the molecule is CC1CC(CN)CN1C(C)c1ccccc1F.Cl. The monoisotopic (exact) mass is 272 g/mol. The topological polar surface area (TPSA) is 29.3 Å². The number of hydrogen-bond acceptors (Lipinski definition) is 2. The van der Waals surface area contributed by atoms with Gasteiger partial charge >= 0.3 is 0 Å². The lowest BCUT2D eigenvalue weighted by molar-refractivity contribution is 0.197. The van der Waals surface area contributed by atoms with Gasteiger partial charge in [0.15, 0.2) is 0 Å². The molecule has 0 radical (unpaired) electrons. The maximum Gasteiger partial charge on any atom is 0.127 e. The zero-order valence-electron chi connectivity index (χ0n) is 11.0. The molecule has 0 amide bonds. The molecule has 2 N–H and O–H groups in total. The number of nitrogens with zero attached hydrogens (tertiary/aromatic N) is 1. The summed E-state index contributed by atoms with van der Waals surface area (Å²) in [5.41, 5.74) is 6.52. The Kier molecular flexibility index (Phi) is 5.57. The van der Waals surface area contributed by atoms with E-state index in [0.717, 1.165) is 25.1 Å². The first-order chi connectivity index (χ1) is 8.13. The van der Waals surface area contributed by atoms with Crippen molar-refractivity contribution in [2.75, 3.05) is 13.1 Å². The minimum absolute atomic E-state index is 0. The summed E-state index contributed by atoms with van der Waals surface area (Å²) in [7, 11) is 0. The summed E-state index contributed by atoms with van der Waals surface area (Å²) in [4.78, 5) is 2.36. The third-order valence-corrected chi connectivity index (χ3v) is 3.90. The Morgan fingerprint density at radius 2 is 2.11 bits per heavy atom. The number of rotatable bonds is 3. The molecule has 1 heterocycles. The van der Waals surface area contributed by atoms with Gasteiger partial charge in [0, 0.05) is 24.2 Å². The molecule has 2 rings (SSSR count). The van der Waals surface area contributed by atoms with Crippen molar-refractivity contribution in [3.63, 3.8) is 0 Å². The molecule has 1 aliphatic rings. The van der Waals surface area contributed by atoms with Crippen LogP contribution in [0.2, 0.25) is 0 Å². The van der Waals surface area contributed by atoms with Gasteiger partial charge < -0.3 is 5.73 Å². The second-order valence-electron chi connectivity index (χ2n) is 5.08. The van der Waals surface area contributed by atoms with E-state index < -0.39 is 0 Å². The van der Waals surface area contributed by atoms with Gasteiger partial charge in [0.1, 0.15) is 5.82 Å². The van der Waals surface area contributed by atoms with Crippen LogP contribution in [0.15, 0.2) is 24.3 Å². The molecule has 0 bridgehead atoms. The van der Waals surface area contributed by atoms with Crippen LogP contribution in [0.4, 0.5) is 4.39 Å². The summed E-state index contributed by atoms with van der Waals surface area (Å²) in [6, 6.07) is 7.66. The van der Waals surface area contributed by atoms with Gasteiger partial charge in [0.05, 0.1) is 0 Å². The zero-order valence-corrected chi connectivity index (χ0v) is 11.8. The highest BCUT2D eigenvalue weighted by Crippen LogP contribution is 2.32. The normalized spacial score (nSPS) is 25.8. The van der Waals surface area contributed by atoms with Crippen molar-refractivity contribution >= 4 is 12.4 Å². The molecule has 0 spiro atoms. The van der Waals surface area contributed by atoms with Crippen LogP contribution in [0.1, 0.15) is 31.9 Å². The third kappa shape index (κ3) is 3.02. The van der Waals surface area contributed by atoms with E-state index in [-0.39, 0.29) is 24.3 Å². The molecule has 3 atom stereocenters. The molecule has 1 saturated heterocycles. The molecule has 1 fully saturated rings. The van der Waals surface area contributed by atoms with E-state index in [0.29, 0.717) is 12.0 Å². The van der Waals surface area contributed by atoms with Gasteiger partial charge in [0.2, 0.25) is 0 Å². The van der Waals surface area contributed by atoms with Gasteiger partial charge in [-0.2, -0.15) is 0 Å². The maximum atomic E-state index is 13.7. The van der Waals surface area contributed by atoms with Gasteiger partial charge in [-0.3, -0.25) is 4.90 Å². The highest BCUT2D eigenvalue weighted by molar-refractivity contribution is 5.85. The van der Waals surface area contributed by atoms with Crippen molar-refractivity contribution < 1.29 is 4.39 Å². The van der Waals surface area contributed by atoms with E-state index >= 15 is 0 Å². The Hall–Kier alpha value is -0.640.